The van der Waals surface area contributed by atoms with E-state index in [0.717, 1.165) is 19.3 Å². The molecule has 1 aromatic carbocycles. The Morgan fingerprint density at radius 1 is 0.929 bits per heavy atom. The van der Waals surface area contributed by atoms with Crippen molar-refractivity contribution in [2.45, 2.75) is 32.2 Å². The van der Waals surface area contributed by atoms with Gasteiger partial charge in [-0.3, -0.25) is 24.1 Å². The molecule has 1 rings (SSSR count). The third-order valence-corrected chi connectivity index (χ3v) is 3.99. The Balaban J connectivity index is 2.43. The van der Waals surface area contributed by atoms with Crippen LogP contribution in [0.4, 0.5) is 0 Å². The van der Waals surface area contributed by atoms with Gasteiger partial charge in [0.15, 0.2) is 0 Å². The lowest BCUT2D eigenvalue weighted by atomic mass is 10.1. The summed E-state index contributed by atoms with van der Waals surface area (Å²) < 4.78 is 0. The number of benzene rings is 1. The maximum absolute atomic E-state index is 12.1. The summed E-state index contributed by atoms with van der Waals surface area (Å²) >= 11 is 0. The van der Waals surface area contributed by atoms with Crippen LogP contribution in [0.15, 0.2) is 24.3 Å². The molecule has 0 fully saturated rings. The van der Waals surface area contributed by atoms with Crippen LogP contribution in [0.3, 0.4) is 0 Å². The van der Waals surface area contributed by atoms with E-state index in [1.807, 2.05) is 0 Å². The first-order chi connectivity index (χ1) is 13.3. The molecule has 2 amide bonds. The van der Waals surface area contributed by atoms with Crippen molar-refractivity contribution < 1.29 is 29.4 Å². The molecule has 0 bridgehead atoms. The monoisotopic (exact) mass is 393 g/mol. The van der Waals surface area contributed by atoms with E-state index < -0.39 is 11.9 Å². The Bertz CT molecular complexity index is 659. The first-order valence-corrected chi connectivity index (χ1v) is 9.05. The van der Waals surface area contributed by atoms with Crippen LogP contribution in [0.5, 0.6) is 0 Å². The van der Waals surface area contributed by atoms with Crippen molar-refractivity contribution in [2.24, 2.45) is 0 Å². The number of carboxylic acid groups (broad SMARTS) is 2. The molecule has 0 aliphatic rings. The van der Waals surface area contributed by atoms with Gasteiger partial charge in [0, 0.05) is 32.1 Å². The minimum absolute atomic E-state index is 0.00870. The standard InChI is InChI=1S/C19H27N3O6/c1-20-16(23)5-3-2-4-10-21-19(28)15-8-6-14(7-9-15)11-22(12-17(24)25)13-18(26)27/h6-9H,2-5,10-13H2,1H3,(H,20,23)(H,21,28)(H,24,25)(H,26,27). The third-order valence-electron chi connectivity index (χ3n) is 3.99. The molecule has 4 N–H and O–H groups in total. The minimum Gasteiger partial charge on any atom is -0.480 e. The zero-order valence-corrected chi connectivity index (χ0v) is 15.9. The van der Waals surface area contributed by atoms with E-state index in [1.54, 1.807) is 31.3 Å². The molecule has 9 heteroatoms. The van der Waals surface area contributed by atoms with Gasteiger partial charge >= 0.3 is 11.9 Å². The van der Waals surface area contributed by atoms with Gasteiger partial charge in [-0.25, -0.2) is 0 Å². The number of nitrogens with one attached hydrogen (secondary N) is 2. The van der Waals surface area contributed by atoms with E-state index in [1.165, 1.54) is 4.90 Å². The van der Waals surface area contributed by atoms with E-state index in [9.17, 15) is 19.2 Å². The third kappa shape index (κ3) is 9.67. The average molecular weight is 393 g/mol. The number of hydrogen-bond acceptors (Lipinski definition) is 5. The molecule has 1 aromatic rings. The van der Waals surface area contributed by atoms with Crippen LogP contribution in [0.1, 0.15) is 41.6 Å². The highest BCUT2D eigenvalue weighted by Gasteiger charge is 2.14. The van der Waals surface area contributed by atoms with Gasteiger partial charge in [-0.15, -0.1) is 0 Å². The molecule has 0 saturated heterocycles. The first-order valence-electron chi connectivity index (χ1n) is 9.05. The summed E-state index contributed by atoms with van der Waals surface area (Å²) in [7, 11) is 1.60. The van der Waals surface area contributed by atoms with Crippen molar-refractivity contribution in [1.82, 2.24) is 15.5 Å². The van der Waals surface area contributed by atoms with Crippen LogP contribution < -0.4 is 10.6 Å². The number of hydrogen-bond donors (Lipinski definition) is 4. The SMILES string of the molecule is CNC(=O)CCCCCNC(=O)c1ccc(CN(CC(=O)O)CC(=O)O)cc1. The second-order valence-electron chi connectivity index (χ2n) is 6.37. The van der Waals surface area contributed by atoms with Gasteiger partial charge in [-0.2, -0.15) is 0 Å². The Morgan fingerprint density at radius 3 is 2.07 bits per heavy atom. The maximum atomic E-state index is 12.1. The highest BCUT2D eigenvalue weighted by molar-refractivity contribution is 5.94. The number of carbonyl (C=O) groups excluding carboxylic acids is 2. The average Bonchev–Trinajstić information content (AvgIpc) is 2.63. The summed E-state index contributed by atoms with van der Waals surface area (Å²) in [5.74, 6) is -2.42. The van der Waals surface area contributed by atoms with Gasteiger partial charge < -0.3 is 20.8 Å². The van der Waals surface area contributed by atoms with Crippen molar-refractivity contribution in [3.8, 4) is 0 Å². The second-order valence-corrected chi connectivity index (χ2v) is 6.37. The molecule has 0 saturated carbocycles. The van der Waals surface area contributed by atoms with Gasteiger partial charge in [0.1, 0.15) is 0 Å². The number of carboxylic acids is 2. The van der Waals surface area contributed by atoms with E-state index in [0.29, 0.717) is 24.1 Å². The number of rotatable bonds is 13. The van der Waals surface area contributed by atoms with Gasteiger partial charge in [0.2, 0.25) is 5.91 Å². The molecule has 0 atom stereocenters. The molecule has 0 unspecified atom stereocenters. The fraction of sp³-hybridized carbons (Fsp3) is 0.474. The lowest BCUT2D eigenvalue weighted by Crippen LogP contribution is -2.34. The van der Waals surface area contributed by atoms with Crippen LogP contribution in [0.2, 0.25) is 0 Å². The van der Waals surface area contributed by atoms with Crippen LogP contribution in [-0.4, -0.2) is 65.5 Å². The molecule has 9 nitrogen and oxygen atoms in total. The Hall–Kier alpha value is -2.94. The van der Waals surface area contributed by atoms with E-state index in [-0.39, 0.29) is 31.4 Å². The Morgan fingerprint density at radius 2 is 1.54 bits per heavy atom. The summed E-state index contributed by atoms with van der Waals surface area (Å²) in [6.45, 7) is -0.0892. The molecule has 0 spiro atoms. The highest BCUT2D eigenvalue weighted by atomic mass is 16.4. The van der Waals surface area contributed by atoms with Gasteiger partial charge in [-0.05, 0) is 30.5 Å². The fourth-order valence-corrected chi connectivity index (χ4v) is 2.59. The lowest BCUT2D eigenvalue weighted by Gasteiger charge is -2.18. The second kappa shape index (κ2) is 12.4. The van der Waals surface area contributed by atoms with E-state index >= 15 is 0 Å². The van der Waals surface area contributed by atoms with Crippen molar-refractivity contribution in [2.75, 3.05) is 26.7 Å². The molecule has 0 aliphatic carbocycles. The summed E-state index contributed by atoms with van der Waals surface area (Å²) in [6.07, 6.45) is 2.87. The Labute approximate surface area is 163 Å². The normalized spacial score (nSPS) is 10.5. The highest BCUT2D eigenvalue weighted by Crippen LogP contribution is 2.08. The summed E-state index contributed by atoms with van der Waals surface area (Å²) in [5.41, 5.74) is 1.19. The first kappa shape index (κ1) is 23.1. The van der Waals surface area contributed by atoms with E-state index in [2.05, 4.69) is 10.6 Å². The molecule has 28 heavy (non-hydrogen) atoms. The molecule has 0 heterocycles. The van der Waals surface area contributed by atoms with Crippen LogP contribution in [0.25, 0.3) is 0 Å². The van der Waals surface area contributed by atoms with E-state index in [4.69, 9.17) is 10.2 Å². The van der Waals surface area contributed by atoms with Crippen molar-refractivity contribution >= 4 is 23.8 Å². The van der Waals surface area contributed by atoms with Crippen LogP contribution in [0, 0.1) is 0 Å². The molecule has 154 valence electrons. The lowest BCUT2D eigenvalue weighted by molar-refractivity contribution is -0.142. The molecule has 0 aliphatic heterocycles. The number of amides is 2. The zero-order valence-electron chi connectivity index (χ0n) is 15.9. The van der Waals surface area contributed by atoms with Gasteiger partial charge in [0.05, 0.1) is 13.1 Å². The Kier molecular flexibility index (Phi) is 10.3. The number of unbranched alkanes of at least 4 members (excludes halogenated alkanes) is 2. The largest absolute Gasteiger partial charge is 0.480 e. The quantitative estimate of drug-likeness (QED) is 0.362. The number of aliphatic carboxylic acids is 2. The maximum Gasteiger partial charge on any atom is 0.317 e. The van der Waals surface area contributed by atoms with Crippen molar-refractivity contribution in [3.63, 3.8) is 0 Å². The predicted octanol–water partition coefficient (Wildman–Crippen LogP) is 0.694. The summed E-state index contributed by atoms with van der Waals surface area (Å²) in [5, 5.41) is 23.1. The van der Waals surface area contributed by atoms with Crippen LogP contribution >= 0.6 is 0 Å². The molecular weight excluding hydrogens is 366 g/mol. The van der Waals surface area contributed by atoms with Crippen molar-refractivity contribution in [1.29, 1.82) is 0 Å². The van der Waals surface area contributed by atoms with Gasteiger partial charge in [0.25, 0.3) is 5.91 Å². The van der Waals surface area contributed by atoms with Crippen LogP contribution in [-0.2, 0) is 20.9 Å². The summed E-state index contributed by atoms with van der Waals surface area (Å²) in [4.78, 5) is 46.2. The molecule has 0 radical (unpaired) electrons. The number of carbonyl (C=O) groups is 4. The molecule has 0 aromatic heterocycles. The molecular formula is C19H27N3O6. The number of nitrogens with zero attached hydrogens (tertiary/aromatic N) is 1. The predicted molar refractivity (Wildman–Crippen MR) is 102 cm³/mol. The smallest absolute Gasteiger partial charge is 0.317 e. The minimum atomic E-state index is -1.10. The van der Waals surface area contributed by atoms with Crippen molar-refractivity contribution in [3.05, 3.63) is 35.4 Å². The fourth-order valence-electron chi connectivity index (χ4n) is 2.59. The summed E-state index contributed by atoms with van der Waals surface area (Å²) in [6, 6.07) is 6.59. The van der Waals surface area contributed by atoms with Gasteiger partial charge in [-0.1, -0.05) is 18.6 Å². The zero-order chi connectivity index (χ0) is 20.9. The topological polar surface area (TPSA) is 136 Å².